The lowest BCUT2D eigenvalue weighted by Gasteiger charge is -2.03. The van der Waals surface area contributed by atoms with Gasteiger partial charge in [-0.15, -0.1) is 0 Å². The molecule has 1 unspecified atom stereocenters. The fourth-order valence-corrected chi connectivity index (χ4v) is 0.766. The third kappa shape index (κ3) is 11.0. The van der Waals surface area contributed by atoms with Crippen LogP contribution >= 0.6 is 0 Å². The molecule has 0 amide bonds. The minimum Gasteiger partial charge on any atom is -0.381 e. The van der Waals surface area contributed by atoms with Gasteiger partial charge in [0.25, 0.3) is 0 Å². The number of nitrogens with one attached hydrogen (secondary N) is 3. The van der Waals surface area contributed by atoms with E-state index in [4.69, 9.17) is 10.2 Å². The maximum Gasteiger partial charge on any atom is 0.108 e. The Balaban J connectivity index is 3.28. The summed E-state index contributed by atoms with van der Waals surface area (Å²) in [6.45, 7) is 1.24. The van der Waals surface area contributed by atoms with E-state index in [1.165, 1.54) is 0 Å². The summed E-state index contributed by atoms with van der Waals surface area (Å²) < 4.78 is 0. The van der Waals surface area contributed by atoms with Crippen molar-refractivity contribution in [1.29, 1.82) is 0 Å². The van der Waals surface area contributed by atoms with E-state index < -0.39 is 6.23 Å². The fourth-order valence-electron chi connectivity index (χ4n) is 0.766. The molecule has 0 aliphatic carbocycles. The van der Waals surface area contributed by atoms with E-state index in [2.05, 4.69) is 20.9 Å². The van der Waals surface area contributed by atoms with Crippen LogP contribution in [0.3, 0.4) is 0 Å². The molecule has 0 radical (unpaired) electrons. The van der Waals surface area contributed by atoms with Crippen molar-refractivity contribution in [1.82, 2.24) is 16.0 Å². The fraction of sp³-hybridized carbons (Fsp3) is 0.667. The second kappa shape index (κ2) is 11.1. The van der Waals surface area contributed by atoms with Gasteiger partial charge in [-0.25, -0.2) is 0 Å². The first-order valence-electron chi connectivity index (χ1n) is 4.87. The quantitative estimate of drug-likeness (QED) is 0.141. The molecule has 0 saturated carbocycles. The van der Waals surface area contributed by atoms with Crippen molar-refractivity contribution in [3.8, 4) is 0 Å². The molecule has 6 heteroatoms. The predicted molar refractivity (Wildman–Crippen MR) is 60.4 cm³/mol. The summed E-state index contributed by atoms with van der Waals surface area (Å²) in [6.07, 6.45) is 5.13. The largest absolute Gasteiger partial charge is 0.381 e. The molecule has 1 atom stereocenters. The van der Waals surface area contributed by atoms with E-state index in [-0.39, 0.29) is 6.73 Å². The van der Waals surface area contributed by atoms with Crippen LogP contribution in [0.4, 0.5) is 0 Å². The van der Waals surface area contributed by atoms with Crippen LogP contribution in [0.1, 0.15) is 6.42 Å². The highest BCUT2D eigenvalue weighted by Crippen LogP contribution is 1.85. The van der Waals surface area contributed by atoms with Crippen molar-refractivity contribution in [3.63, 3.8) is 0 Å². The van der Waals surface area contributed by atoms with Gasteiger partial charge in [0.05, 0.1) is 19.6 Å². The molecule has 0 rings (SSSR count). The number of nitrogens with zero attached hydrogens (tertiary/aromatic N) is 1. The smallest absolute Gasteiger partial charge is 0.108 e. The molecule has 0 bridgehead atoms. The highest BCUT2D eigenvalue weighted by Gasteiger charge is 1.92. The molecule has 0 aliphatic rings. The number of aliphatic hydroxyl groups excluding tert-OH is 2. The summed E-state index contributed by atoms with van der Waals surface area (Å²) >= 11 is 0. The minimum absolute atomic E-state index is 0.0231. The Morgan fingerprint density at radius 3 is 2.93 bits per heavy atom. The van der Waals surface area contributed by atoms with E-state index >= 15 is 0 Å². The number of hydrogen-bond acceptors (Lipinski definition) is 5. The lowest BCUT2D eigenvalue weighted by molar-refractivity contribution is 0.150. The summed E-state index contributed by atoms with van der Waals surface area (Å²) in [5.74, 6) is 0. The predicted octanol–water partition coefficient (Wildman–Crippen LogP) is -1.41. The van der Waals surface area contributed by atoms with Gasteiger partial charge in [-0.2, -0.15) is 0 Å². The molecule has 0 fully saturated rings. The summed E-state index contributed by atoms with van der Waals surface area (Å²) in [5, 5.41) is 25.8. The highest BCUT2D eigenvalue weighted by atomic mass is 16.3. The number of hydrogen-bond donors (Lipinski definition) is 5. The molecule has 5 N–H and O–H groups in total. The third-order valence-electron chi connectivity index (χ3n) is 1.60. The van der Waals surface area contributed by atoms with Gasteiger partial charge in [0.15, 0.2) is 0 Å². The van der Waals surface area contributed by atoms with Crippen LogP contribution in [0.25, 0.3) is 0 Å². The van der Waals surface area contributed by atoms with Crippen molar-refractivity contribution < 1.29 is 10.2 Å². The normalized spacial score (nSPS) is 13.8. The molecular formula is C9H20N4O2. The molecule has 0 spiro atoms. The second-order valence-electron chi connectivity index (χ2n) is 2.80. The average molecular weight is 216 g/mol. The van der Waals surface area contributed by atoms with Gasteiger partial charge in [0, 0.05) is 13.0 Å². The number of aliphatic imine (C=N–C) groups is 1. The Morgan fingerprint density at radius 1 is 1.47 bits per heavy atom. The van der Waals surface area contributed by atoms with Crippen LogP contribution in [0, 0.1) is 0 Å². The zero-order valence-electron chi connectivity index (χ0n) is 8.98. The topological polar surface area (TPSA) is 88.9 Å². The van der Waals surface area contributed by atoms with Crippen LogP contribution in [0.2, 0.25) is 0 Å². The molecule has 0 aromatic rings. The Bertz CT molecular complexity index is 185. The monoisotopic (exact) mass is 216 g/mol. The maximum absolute atomic E-state index is 9.10. The summed E-state index contributed by atoms with van der Waals surface area (Å²) in [7, 11) is 1.70. The minimum atomic E-state index is -0.506. The van der Waals surface area contributed by atoms with Gasteiger partial charge in [0.2, 0.25) is 0 Å². The zero-order valence-corrected chi connectivity index (χ0v) is 8.98. The SMILES string of the molecule is CNC(O)C/C=C\NC=NCCNCO. The Kier molecular flexibility index (Phi) is 10.4. The van der Waals surface area contributed by atoms with Crippen LogP contribution in [-0.2, 0) is 0 Å². The Hall–Kier alpha value is -0.950. The lowest BCUT2D eigenvalue weighted by atomic mass is 10.4. The van der Waals surface area contributed by atoms with Crippen LogP contribution in [0.5, 0.6) is 0 Å². The Morgan fingerprint density at radius 2 is 2.27 bits per heavy atom. The van der Waals surface area contributed by atoms with Crippen molar-refractivity contribution in [2.24, 2.45) is 4.99 Å². The van der Waals surface area contributed by atoms with E-state index in [1.807, 2.05) is 0 Å². The first kappa shape index (κ1) is 14.1. The van der Waals surface area contributed by atoms with Crippen LogP contribution < -0.4 is 16.0 Å². The van der Waals surface area contributed by atoms with Crippen LogP contribution in [0.15, 0.2) is 17.3 Å². The van der Waals surface area contributed by atoms with Crippen molar-refractivity contribution in [2.75, 3.05) is 26.9 Å². The lowest BCUT2D eigenvalue weighted by Crippen LogP contribution is -2.23. The summed E-state index contributed by atoms with van der Waals surface area (Å²) in [6, 6.07) is 0. The van der Waals surface area contributed by atoms with E-state index in [0.29, 0.717) is 19.5 Å². The van der Waals surface area contributed by atoms with Gasteiger partial charge in [-0.3, -0.25) is 15.6 Å². The molecule has 0 aromatic carbocycles. The number of aliphatic hydroxyl groups is 2. The third-order valence-corrected chi connectivity index (χ3v) is 1.60. The molecule has 0 saturated heterocycles. The summed E-state index contributed by atoms with van der Waals surface area (Å²) in [5.41, 5.74) is 0. The van der Waals surface area contributed by atoms with E-state index in [1.54, 1.807) is 25.7 Å². The molecule has 0 aliphatic heterocycles. The zero-order chi connectivity index (χ0) is 11.4. The van der Waals surface area contributed by atoms with E-state index in [9.17, 15) is 0 Å². The van der Waals surface area contributed by atoms with Gasteiger partial charge in [-0.05, 0) is 13.2 Å². The van der Waals surface area contributed by atoms with Gasteiger partial charge >= 0.3 is 0 Å². The standard InChI is InChI=1S/C9H20N4O2/c1-10-9(15)3-2-4-11-7-12-5-6-13-8-14/h2,4,7,9-10,13-15H,3,5-6,8H2,1H3,(H,11,12)/b4-2-. The second-order valence-corrected chi connectivity index (χ2v) is 2.80. The van der Waals surface area contributed by atoms with Crippen molar-refractivity contribution in [3.05, 3.63) is 12.3 Å². The first-order valence-corrected chi connectivity index (χ1v) is 4.87. The maximum atomic E-state index is 9.10. The van der Waals surface area contributed by atoms with E-state index in [0.717, 1.165) is 0 Å². The van der Waals surface area contributed by atoms with Crippen molar-refractivity contribution >= 4 is 6.34 Å². The Labute approximate surface area is 90.1 Å². The molecule has 0 aromatic heterocycles. The summed E-state index contributed by atoms with van der Waals surface area (Å²) in [4.78, 5) is 4.01. The molecule has 0 heterocycles. The van der Waals surface area contributed by atoms with Gasteiger partial charge < -0.3 is 15.5 Å². The van der Waals surface area contributed by atoms with Crippen LogP contribution in [-0.4, -0.2) is 49.6 Å². The molecule has 6 nitrogen and oxygen atoms in total. The molecule has 15 heavy (non-hydrogen) atoms. The highest BCUT2D eigenvalue weighted by molar-refractivity contribution is 5.55. The number of rotatable bonds is 9. The van der Waals surface area contributed by atoms with Gasteiger partial charge in [-0.1, -0.05) is 6.08 Å². The van der Waals surface area contributed by atoms with Gasteiger partial charge in [0.1, 0.15) is 6.23 Å². The first-order chi connectivity index (χ1) is 7.31. The molecular weight excluding hydrogens is 196 g/mol. The van der Waals surface area contributed by atoms with Crippen molar-refractivity contribution in [2.45, 2.75) is 12.6 Å². The molecule has 88 valence electrons. The average Bonchev–Trinajstić information content (AvgIpc) is 2.26.